The molecule has 0 fully saturated rings. The quantitative estimate of drug-likeness (QED) is 0.667. The molecule has 1 aromatic rings. The first-order chi connectivity index (χ1) is 6.68. The second-order valence-electron chi connectivity index (χ2n) is 3.52. The van der Waals surface area contributed by atoms with Gasteiger partial charge in [-0.05, 0) is 36.1 Å². The van der Waals surface area contributed by atoms with E-state index in [0.717, 1.165) is 21.8 Å². The summed E-state index contributed by atoms with van der Waals surface area (Å²) < 4.78 is 2.26. The molecular formula is C11H10Br2O. The van der Waals surface area contributed by atoms with Crippen LogP contribution < -0.4 is 0 Å². The van der Waals surface area contributed by atoms with E-state index >= 15 is 0 Å². The first-order valence-electron chi connectivity index (χ1n) is 4.66. The fourth-order valence-corrected chi connectivity index (χ4v) is 2.97. The van der Waals surface area contributed by atoms with E-state index < -0.39 is 0 Å². The summed E-state index contributed by atoms with van der Waals surface area (Å²) in [6.07, 6.45) is 3.10. The molecule has 2 rings (SSSR count). The molecule has 0 spiro atoms. The fourth-order valence-electron chi connectivity index (χ4n) is 1.83. The lowest BCUT2D eigenvalue weighted by Gasteiger charge is -2.09. The number of carbonyl (C=O) groups is 1. The number of benzene rings is 1. The molecule has 3 heteroatoms. The van der Waals surface area contributed by atoms with E-state index in [4.69, 9.17) is 0 Å². The molecule has 0 bridgehead atoms. The normalized spacial score (nSPS) is 16.3. The minimum atomic E-state index is 0.375. The third-order valence-corrected chi connectivity index (χ3v) is 4.11. The number of fused-ring (bicyclic) bond motifs is 1. The van der Waals surface area contributed by atoms with Crippen LogP contribution in [0.1, 0.15) is 24.0 Å². The van der Waals surface area contributed by atoms with Gasteiger partial charge in [0, 0.05) is 21.8 Å². The van der Waals surface area contributed by atoms with Crippen LogP contribution in [-0.4, -0.2) is 5.78 Å². The second-order valence-corrected chi connectivity index (χ2v) is 5.23. The lowest BCUT2D eigenvalue weighted by Crippen LogP contribution is -1.95. The maximum Gasteiger partial charge on any atom is 0.133 e. The van der Waals surface area contributed by atoms with Gasteiger partial charge in [-0.25, -0.2) is 0 Å². The number of hydrogen-bond donors (Lipinski definition) is 0. The summed E-state index contributed by atoms with van der Waals surface area (Å²) in [6.45, 7) is 0. The predicted octanol–water partition coefficient (Wildman–Crippen LogP) is 3.66. The molecule has 0 amide bonds. The average molecular weight is 318 g/mol. The smallest absolute Gasteiger partial charge is 0.133 e. The Bertz CT molecular complexity index is 350. The molecule has 0 N–H and O–H groups in total. The van der Waals surface area contributed by atoms with E-state index in [2.05, 4.69) is 31.9 Å². The van der Waals surface area contributed by atoms with Gasteiger partial charge in [-0.2, -0.15) is 0 Å². The SMILES string of the molecule is O=C1CCc2c(Br)ccc(Br)c2CC1. The molecule has 1 aliphatic carbocycles. The number of halogens is 2. The molecule has 74 valence electrons. The molecule has 0 aromatic heterocycles. The summed E-state index contributed by atoms with van der Waals surface area (Å²) in [5.74, 6) is 0.375. The van der Waals surface area contributed by atoms with E-state index in [0.29, 0.717) is 18.6 Å². The van der Waals surface area contributed by atoms with Crippen LogP contribution in [0, 0.1) is 0 Å². The van der Waals surface area contributed by atoms with Gasteiger partial charge in [-0.1, -0.05) is 31.9 Å². The molecule has 0 aliphatic heterocycles. The number of rotatable bonds is 0. The molecular weight excluding hydrogens is 308 g/mol. The first-order valence-corrected chi connectivity index (χ1v) is 6.24. The molecule has 14 heavy (non-hydrogen) atoms. The van der Waals surface area contributed by atoms with Crippen molar-refractivity contribution in [1.82, 2.24) is 0 Å². The summed E-state index contributed by atoms with van der Waals surface area (Å²) >= 11 is 7.08. The molecule has 0 heterocycles. The van der Waals surface area contributed by atoms with Crippen molar-refractivity contribution < 1.29 is 4.79 Å². The van der Waals surface area contributed by atoms with Crippen LogP contribution in [-0.2, 0) is 17.6 Å². The molecule has 0 saturated carbocycles. The van der Waals surface area contributed by atoms with E-state index in [1.54, 1.807) is 0 Å². The minimum Gasteiger partial charge on any atom is -0.300 e. The van der Waals surface area contributed by atoms with Crippen LogP contribution in [0.5, 0.6) is 0 Å². The van der Waals surface area contributed by atoms with Crippen LogP contribution >= 0.6 is 31.9 Å². The van der Waals surface area contributed by atoms with Crippen LogP contribution in [0.2, 0.25) is 0 Å². The highest BCUT2D eigenvalue weighted by Gasteiger charge is 2.17. The summed E-state index contributed by atoms with van der Waals surface area (Å²) in [6, 6.07) is 4.08. The Balaban J connectivity index is 2.49. The van der Waals surface area contributed by atoms with Gasteiger partial charge in [-0.3, -0.25) is 4.79 Å². The van der Waals surface area contributed by atoms with Gasteiger partial charge in [0.15, 0.2) is 0 Å². The molecule has 0 radical (unpaired) electrons. The highest BCUT2D eigenvalue weighted by Crippen LogP contribution is 2.31. The predicted molar refractivity (Wildman–Crippen MR) is 63.5 cm³/mol. The number of carbonyl (C=O) groups excluding carboxylic acids is 1. The van der Waals surface area contributed by atoms with Gasteiger partial charge in [-0.15, -0.1) is 0 Å². The van der Waals surface area contributed by atoms with Crippen LogP contribution in [0.3, 0.4) is 0 Å². The third kappa shape index (κ3) is 1.94. The largest absolute Gasteiger partial charge is 0.300 e. The van der Waals surface area contributed by atoms with Crippen molar-refractivity contribution in [2.75, 3.05) is 0 Å². The third-order valence-electron chi connectivity index (χ3n) is 2.62. The topological polar surface area (TPSA) is 17.1 Å². The fraction of sp³-hybridized carbons (Fsp3) is 0.364. The maximum absolute atomic E-state index is 11.3. The Morgan fingerprint density at radius 2 is 1.29 bits per heavy atom. The van der Waals surface area contributed by atoms with Crippen molar-refractivity contribution in [3.8, 4) is 0 Å². The number of ketones is 1. The van der Waals surface area contributed by atoms with Crippen molar-refractivity contribution in [2.24, 2.45) is 0 Å². The van der Waals surface area contributed by atoms with Crippen molar-refractivity contribution in [2.45, 2.75) is 25.7 Å². The Morgan fingerprint density at radius 3 is 1.71 bits per heavy atom. The van der Waals surface area contributed by atoms with Gasteiger partial charge in [0.1, 0.15) is 5.78 Å². The van der Waals surface area contributed by atoms with Gasteiger partial charge in [0.05, 0.1) is 0 Å². The zero-order chi connectivity index (χ0) is 10.1. The number of Topliss-reactive ketones (excluding diaryl/α,β-unsaturated/α-hetero) is 1. The van der Waals surface area contributed by atoms with Gasteiger partial charge < -0.3 is 0 Å². The Labute approximate surface area is 100 Å². The number of hydrogen-bond acceptors (Lipinski definition) is 1. The highest BCUT2D eigenvalue weighted by molar-refractivity contribution is 9.11. The van der Waals surface area contributed by atoms with Crippen LogP contribution in [0.25, 0.3) is 0 Å². The summed E-state index contributed by atoms with van der Waals surface area (Å²) in [4.78, 5) is 11.3. The standard InChI is InChI=1S/C11H10Br2O/c12-10-5-6-11(13)9-4-2-7(14)1-3-8(9)10/h5-6H,1-4H2. The van der Waals surface area contributed by atoms with Crippen LogP contribution in [0.4, 0.5) is 0 Å². The maximum atomic E-state index is 11.3. The summed E-state index contributed by atoms with van der Waals surface area (Å²) in [5.41, 5.74) is 2.59. The zero-order valence-electron chi connectivity index (χ0n) is 7.65. The molecule has 0 saturated heterocycles. The Hall–Kier alpha value is -0.150. The lowest BCUT2D eigenvalue weighted by atomic mass is 10.0. The second kappa shape index (κ2) is 4.15. The van der Waals surface area contributed by atoms with Crippen molar-refractivity contribution >= 4 is 37.6 Å². The first kappa shape index (κ1) is 10.4. The van der Waals surface area contributed by atoms with Gasteiger partial charge in [0.25, 0.3) is 0 Å². The monoisotopic (exact) mass is 316 g/mol. The molecule has 0 unspecified atom stereocenters. The molecule has 0 atom stereocenters. The highest BCUT2D eigenvalue weighted by atomic mass is 79.9. The van der Waals surface area contributed by atoms with E-state index in [9.17, 15) is 4.79 Å². The lowest BCUT2D eigenvalue weighted by molar-refractivity contribution is -0.118. The molecule has 1 nitrogen and oxygen atoms in total. The van der Waals surface area contributed by atoms with Crippen molar-refractivity contribution in [3.05, 3.63) is 32.2 Å². The summed E-state index contributed by atoms with van der Waals surface area (Å²) in [5, 5.41) is 0. The Morgan fingerprint density at radius 1 is 0.857 bits per heavy atom. The van der Waals surface area contributed by atoms with Crippen molar-refractivity contribution in [1.29, 1.82) is 0 Å². The van der Waals surface area contributed by atoms with Gasteiger partial charge in [0.2, 0.25) is 0 Å². The zero-order valence-corrected chi connectivity index (χ0v) is 10.8. The average Bonchev–Trinajstić information content (AvgIpc) is 2.35. The van der Waals surface area contributed by atoms with E-state index in [-0.39, 0.29) is 0 Å². The van der Waals surface area contributed by atoms with Crippen molar-refractivity contribution in [3.63, 3.8) is 0 Å². The van der Waals surface area contributed by atoms with Crippen LogP contribution in [0.15, 0.2) is 21.1 Å². The van der Waals surface area contributed by atoms with E-state index in [1.807, 2.05) is 12.1 Å². The minimum absolute atomic E-state index is 0.375. The molecule has 1 aromatic carbocycles. The summed E-state index contributed by atoms with van der Waals surface area (Å²) in [7, 11) is 0. The molecule has 1 aliphatic rings. The Kier molecular flexibility index (Phi) is 3.07. The van der Waals surface area contributed by atoms with Gasteiger partial charge >= 0.3 is 0 Å². The van der Waals surface area contributed by atoms with E-state index in [1.165, 1.54) is 11.1 Å².